The van der Waals surface area contributed by atoms with Gasteiger partial charge in [0, 0.05) is 34.4 Å². The van der Waals surface area contributed by atoms with Crippen molar-refractivity contribution in [1.82, 2.24) is 4.98 Å². The number of aromatic hydroxyl groups is 1. The molecule has 0 bridgehead atoms. The predicted octanol–water partition coefficient (Wildman–Crippen LogP) is 7.05. The first-order valence-electron chi connectivity index (χ1n) is 11.9. The molecule has 3 aromatic carbocycles. The molecule has 10 heteroatoms. The van der Waals surface area contributed by atoms with Crippen molar-refractivity contribution >= 4 is 35.0 Å². The van der Waals surface area contributed by atoms with Gasteiger partial charge in [0.15, 0.2) is 0 Å². The number of amides is 1. The number of β-lactam (4-membered cyclic amide) rings is 1. The molecule has 1 aliphatic rings. The van der Waals surface area contributed by atoms with Gasteiger partial charge in [0.1, 0.15) is 11.0 Å². The lowest BCUT2D eigenvalue weighted by Crippen LogP contribution is -2.57. The van der Waals surface area contributed by atoms with E-state index in [0.717, 1.165) is 17.8 Å². The molecule has 1 saturated heterocycles. The second kappa shape index (κ2) is 10.9. The molecular weight excluding hydrogens is 549 g/mol. The van der Waals surface area contributed by atoms with Crippen molar-refractivity contribution in [2.45, 2.75) is 23.6 Å². The Balaban J connectivity index is 1.38. The molecule has 1 aromatic heterocycles. The number of phenols is 1. The van der Waals surface area contributed by atoms with E-state index in [9.17, 15) is 28.2 Å². The standard InChI is InChI=1S/C29H22ClF3N2O3S/c30-22-7-1-18(2-8-22)25(37)16-39-27-26(19-5-11-24(36)12-6-19)35(28(27)38)23-9-3-17(4-10-23)20-13-21(15-34-14-20)29(31,32)33/h1-15,25-27,36-37H,16H2/t25-,26+,27+/m0/s1. The fourth-order valence-corrected chi connectivity index (χ4v) is 5.88. The minimum Gasteiger partial charge on any atom is -0.508 e. The van der Waals surface area contributed by atoms with E-state index in [4.69, 9.17) is 11.6 Å². The molecule has 1 aliphatic heterocycles. The number of benzene rings is 3. The number of alkyl halides is 3. The molecule has 3 atom stereocenters. The molecular formula is C29H22ClF3N2O3S. The van der Waals surface area contributed by atoms with Crippen LogP contribution in [0.25, 0.3) is 11.1 Å². The van der Waals surface area contributed by atoms with Crippen LogP contribution in [-0.4, -0.2) is 32.1 Å². The van der Waals surface area contributed by atoms with Crippen LogP contribution < -0.4 is 4.90 Å². The number of phenolic OH excluding ortho intramolecular Hbond substituents is 1. The summed E-state index contributed by atoms with van der Waals surface area (Å²) in [6, 6.07) is 20.8. The Morgan fingerprint density at radius 3 is 2.26 bits per heavy atom. The Kier molecular flexibility index (Phi) is 7.57. The van der Waals surface area contributed by atoms with Gasteiger partial charge in [-0.05, 0) is 59.2 Å². The zero-order chi connectivity index (χ0) is 27.7. The van der Waals surface area contributed by atoms with E-state index in [2.05, 4.69) is 4.98 Å². The largest absolute Gasteiger partial charge is 0.508 e. The molecule has 200 valence electrons. The monoisotopic (exact) mass is 570 g/mol. The van der Waals surface area contributed by atoms with E-state index in [1.807, 2.05) is 0 Å². The second-order valence-corrected chi connectivity index (χ2v) is 10.7. The van der Waals surface area contributed by atoms with Crippen LogP contribution in [0, 0.1) is 0 Å². The highest BCUT2D eigenvalue weighted by Crippen LogP contribution is 2.46. The fraction of sp³-hybridized carbons (Fsp3) is 0.172. The van der Waals surface area contributed by atoms with Crippen LogP contribution in [0.2, 0.25) is 5.02 Å². The van der Waals surface area contributed by atoms with Crippen LogP contribution in [0.4, 0.5) is 18.9 Å². The number of rotatable bonds is 7. The van der Waals surface area contributed by atoms with Crippen molar-refractivity contribution in [1.29, 1.82) is 0 Å². The molecule has 1 fully saturated rings. The molecule has 2 heterocycles. The van der Waals surface area contributed by atoms with Crippen molar-refractivity contribution in [3.63, 3.8) is 0 Å². The van der Waals surface area contributed by atoms with Gasteiger partial charge in [-0.2, -0.15) is 13.2 Å². The van der Waals surface area contributed by atoms with Crippen LogP contribution in [-0.2, 0) is 11.0 Å². The highest BCUT2D eigenvalue weighted by atomic mass is 35.5. The van der Waals surface area contributed by atoms with E-state index < -0.39 is 23.1 Å². The Labute approximate surface area is 231 Å². The van der Waals surface area contributed by atoms with Crippen LogP contribution in [0.15, 0.2) is 91.3 Å². The summed E-state index contributed by atoms with van der Waals surface area (Å²) in [5, 5.41) is 20.5. The number of nitrogens with zero attached hydrogens (tertiary/aromatic N) is 2. The number of hydrogen-bond acceptors (Lipinski definition) is 5. The maximum absolute atomic E-state index is 13.3. The van der Waals surface area contributed by atoms with Crippen molar-refractivity contribution in [2.75, 3.05) is 10.7 Å². The van der Waals surface area contributed by atoms with Gasteiger partial charge in [-0.1, -0.05) is 48.0 Å². The topological polar surface area (TPSA) is 73.7 Å². The highest BCUT2D eigenvalue weighted by molar-refractivity contribution is 8.00. The van der Waals surface area contributed by atoms with E-state index in [0.29, 0.717) is 27.4 Å². The lowest BCUT2D eigenvalue weighted by molar-refractivity contribution is -0.137. The number of aliphatic hydroxyl groups excluding tert-OH is 1. The van der Waals surface area contributed by atoms with Crippen LogP contribution in [0.5, 0.6) is 5.75 Å². The van der Waals surface area contributed by atoms with Gasteiger partial charge < -0.3 is 15.1 Å². The number of halogens is 4. The van der Waals surface area contributed by atoms with Crippen LogP contribution in [0.3, 0.4) is 0 Å². The molecule has 0 unspecified atom stereocenters. The fourth-order valence-electron chi connectivity index (χ4n) is 4.45. The molecule has 0 saturated carbocycles. The lowest BCUT2D eigenvalue weighted by Gasteiger charge is -2.47. The van der Waals surface area contributed by atoms with E-state index >= 15 is 0 Å². The quantitative estimate of drug-likeness (QED) is 0.233. The summed E-state index contributed by atoms with van der Waals surface area (Å²) in [4.78, 5) is 18.7. The number of aromatic nitrogens is 1. The minimum atomic E-state index is -4.50. The first-order valence-corrected chi connectivity index (χ1v) is 13.3. The summed E-state index contributed by atoms with van der Waals surface area (Å²) >= 11 is 7.27. The number of hydrogen-bond donors (Lipinski definition) is 2. The summed E-state index contributed by atoms with van der Waals surface area (Å²) in [5.74, 6) is 0.217. The predicted molar refractivity (Wildman–Crippen MR) is 146 cm³/mol. The molecule has 0 aliphatic carbocycles. The smallest absolute Gasteiger partial charge is 0.417 e. The molecule has 0 radical (unpaired) electrons. The zero-order valence-corrected chi connectivity index (χ0v) is 21.8. The second-order valence-electron chi connectivity index (χ2n) is 9.07. The summed E-state index contributed by atoms with van der Waals surface area (Å²) in [6.07, 6.45) is -3.16. The third-order valence-electron chi connectivity index (χ3n) is 6.51. The summed E-state index contributed by atoms with van der Waals surface area (Å²) < 4.78 is 39.4. The van der Waals surface area contributed by atoms with Gasteiger partial charge in [0.25, 0.3) is 0 Å². The molecule has 39 heavy (non-hydrogen) atoms. The minimum absolute atomic E-state index is 0.0948. The molecule has 5 rings (SSSR count). The SMILES string of the molecule is O=C1[C@H](SC[C@H](O)c2ccc(Cl)cc2)[C@@H](c2ccc(O)cc2)N1c1ccc(-c2cncc(C(F)(F)F)c2)cc1. The molecule has 5 nitrogen and oxygen atoms in total. The van der Waals surface area contributed by atoms with E-state index in [1.54, 1.807) is 77.7 Å². The Bertz CT molecular complexity index is 1470. The zero-order valence-electron chi connectivity index (χ0n) is 20.2. The lowest BCUT2D eigenvalue weighted by atomic mass is 9.92. The Hall–Kier alpha value is -3.53. The molecule has 1 amide bonds. The van der Waals surface area contributed by atoms with Crippen molar-refractivity contribution in [2.24, 2.45) is 0 Å². The van der Waals surface area contributed by atoms with Crippen molar-refractivity contribution in [3.8, 4) is 16.9 Å². The first kappa shape index (κ1) is 27.1. The number of thioether (sulfide) groups is 1. The Morgan fingerprint density at radius 2 is 1.62 bits per heavy atom. The molecule has 4 aromatic rings. The average Bonchev–Trinajstić information content (AvgIpc) is 2.92. The van der Waals surface area contributed by atoms with Crippen molar-refractivity contribution < 1.29 is 28.2 Å². The normalized spacial score (nSPS) is 18.1. The number of anilines is 1. The van der Waals surface area contributed by atoms with E-state index in [-0.39, 0.29) is 23.5 Å². The Morgan fingerprint density at radius 1 is 0.949 bits per heavy atom. The van der Waals surface area contributed by atoms with Crippen molar-refractivity contribution in [3.05, 3.63) is 113 Å². The van der Waals surface area contributed by atoms with Gasteiger partial charge in [0.05, 0.1) is 17.7 Å². The van der Waals surface area contributed by atoms with E-state index in [1.165, 1.54) is 18.0 Å². The molecule has 2 N–H and O–H groups in total. The van der Waals surface area contributed by atoms with Gasteiger partial charge in [-0.15, -0.1) is 11.8 Å². The van der Waals surface area contributed by atoms with Gasteiger partial charge in [-0.25, -0.2) is 0 Å². The average molecular weight is 571 g/mol. The first-order chi connectivity index (χ1) is 18.6. The van der Waals surface area contributed by atoms with Crippen LogP contribution >= 0.6 is 23.4 Å². The summed E-state index contributed by atoms with van der Waals surface area (Å²) in [7, 11) is 0. The number of carbonyl (C=O) groups is 1. The number of carbonyl (C=O) groups excluding carboxylic acids is 1. The summed E-state index contributed by atoms with van der Waals surface area (Å²) in [5.41, 5.74) is 2.08. The number of pyridine rings is 1. The third-order valence-corrected chi connectivity index (χ3v) is 8.09. The number of aliphatic hydroxyl groups is 1. The highest BCUT2D eigenvalue weighted by Gasteiger charge is 2.49. The van der Waals surface area contributed by atoms with Gasteiger partial charge in [0.2, 0.25) is 5.91 Å². The van der Waals surface area contributed by atoms with Gasteiger partial charge in [-0.3, -0.25) is 9.78 Å². The van der Waals surface area contributed by atoms with Crippen LogP contribution in [0.1, 0.15) is 28.8 Å². The third kappa shape index (κ3) is 5.75. The maximum Gasteiger partial charge on any atom is 0.417 e. The summed E-state index contributed by atoms with van der Waals surface area (Å²) in [6.45, 7) is 0. The molecule has 0 spiro atoms. The maximum atomic E-state index is 13.3. The van der Waals surface area contributed by atoms with Gasteiger partial charge >= 0.3 is 6.18 Å².